The average molecular weight is 237 g/mol. The van der Waals surface area contributed by atoms with Gasteiger partial charge < -0.3 is 10.3 Å². The van der Waals surface area contributed by atoms with Crippen LogP contribution < -0.4 is 5.73 Å². The Balaban J connectivity index is 2.63. The molecular weight excluding hydrogens is 224 g/mol. The first-order valence-electron chi connectivity index (χ1n) is 5.09. The lowest BCUT2D eigenvalue weighted by Gasteiger charge is -2.11. The van der Waals surface area contributed by atoms with Crippen molar-refractivity contribution in [3.8, 4) is 11.1 Å². The first-order valence-corrected chi connectivity index (χ1v) is 5.47. The van der Waals surface area contributed by atoms with Crippen LogP contribution in [0.25, 0.3) is 11.1 Å². The van der Waals surface area contributed by atoms with Crippen molar-refractivity contribution < 1.29 is 4.52 Å². The summed E-state index contributed by atoms with van der Waals surface area (Å²) in [6.07, 6.45) is 1.62. The minimum atomic E-state index is 0.323. The van der Waals surface area contributed by atoms with Crippen molar-refractivity contribution in [3.63, 3.8) is 0 Å². The summed E-state index contributed by atoms with van der Waals surface area (Å²) in [5.41, 5.74) is 8.68. The molecule has 0 saturated heterocycles. The molecule has 3 nitrogen and oxygen atoms in total. The number of aromatic nitrogens is 1. The van der Waals surface area contributed by atoms with Gasteiger partial charge in [0.1, 0.15) is 0 Å². The molecule has 0 unspecified atom stereocenters. The number of anilines is 1. The molecule has 0 amide bonds. The second-order valence-electron chi connectivity index (χ2n) is 3.99. The maximum Gasteiger partial charge on any atom is 0.229 e. The van der Waals surface area contributed by atoms with Crippen LogP contribution in [0.15, 0.2) is 28.9 Å². The second kappa shape index (κ2) is 4.18. The first-order chi connectivity index (χ1) is 7.59. The van der Waals surface area contributed by atoms with Gasteiger partial charge >= 0.3 is 0 Å². The lowest BCUT2D eigenvalue weighted by molar-refractivity contribution is 0.436. The second-order valence-corrected chi connectivity index (χ2v) is 4.43. The van der Waals surface area contributed by atoms with Crippen LogP contribution in [0, 0.1) is 0 Å². The zero-order valence-electron chi connectivity index (χ0n) is 9.20. The Labute approximate surface area is 99.2 Å². The largest absolute Gasteiger partial charge is 0.367 e. The van der Waals surface area contributed by atoms with Crippen LogP contribution in [-0.2, 0) is 0 Å². The Bertz CT molecular complexity index is 505. The van der Waals surface area contributed by atoms with Gasteiger partial charge in [-0.05, 0) is 29.2 Å². The van der Waals surface area contributed by atoms with E-state index in [2.05, 4.69) is 19.0 Å². The van der Waals surface area contributed by atoms with E-state index in [1.165, 1.54) is 5.56 Å². The van der Waals surface area contributed by atoms with Crippen molar-refractivity contribution in [3.05, 3.63) is 35.0 Å². The Morgan fingerprint density at radius 1 is 1.31 bits per heavy atom. The lowest BCUT2D eigenvalue weighted by atomic mass is 9.94. The third-order valence-electron chi connectivity index (χ3n) is 2.53. The van der Waals surface area contributed by atoms with Gasteiger partial charge in [0, 0.05) is 5.02 Å². The molecule has 1 heterocycles. The van der Waals surface area contributed by atoms with Gasteiger partial charge in [-0.1, -0.05) is 36.7 Å². The SMILES string of the molecule is CC(C)c1ccc(Cl)cc1-c1cnoc1N. The number of rotatable bonds is 2. The van der Waals surface area contributed by atoms with Crippen LogP contribution >= 0.6 is 11.6 Å². The fraction of sp³-hybridized carbons (Fsp3) is 0.250. The number of hydrogen-bond donors (Lipinski definition) is 1. The molecule has 0 aliphatic rings. The summed E-state index contributed by atoms with van der Waals surface area (Å²) in [6, 6.07) is 5.78. The van der Waals surface area contributed by atoms with Gasteiger partial charge in [-0.15, -0.1) is 0 Å². The molecule has 2 aromatic rings. The third-order valence-corrected chi connectivity index (χ3v) is 2.76. The minimum Gasteiger partial charge on any atom is -0.367 e. The summed E-state index contributed by atoms with van der Waals surface area (Å²) in [5.74, 6) is 0.714. The molecule has 0 bridgehead atoms. The zero-order valence-corrected chi connectivity index (χ0v) is 9.95. The Kier molecular flexibility index (Phi) is 2.88. The van der Waals surface area contributed by atoms with E-state index in [0.717, 1.165) is 11.1 Å². The van der Waals surface area contributed by atoms with Crippen LogP contribution in [0.3, 0.4) is 0 Å². The quantitative estimate of drug-likeness (QED) is 0.865. The summed E-state index contributed by atoms with van der Waals surface area (Å²) >= 11 is 6.00. The summed E-state index contributed by atoms with van der Waals surface area (Å²) in [7, 11) is 0. The molecule has 0 aliphatic heterocycles. The van der Waals surface area contributed by atoms with Gasteiger partial charge in [-0.25, -0.2) is 0 Å². The number of hydrogen-bond acceptors (Lipinski definition) is 3. The zero-order chi connectivity index (χ0) is 11.7. The molecule has 1 aromatic heterocycles. The predicted octanol–water partition coefficient (Wildman–Crippen LogP) is 3.70. The molecule has 0 spiro atoms. The van der Waals surface area contributed by atoms with Crippen LogP contribution in [-0.4, -0.2) is 5.16 Å². The fourth-order valence-electron chi connectivity index (χ4n) is 1.72. The van der Waals surface area contributed by atoms with Crippen molar-refractivity contribution in [1.29, 1.82) is 0 Å². The number of benzene rings is 1. The number of nitrogens with zero attached hydrogens (tertiary/aromatic N) is 1. The van der Waals surface area contributed by atoms with Crippen molar-refractivity contribution >= 4 is 17.5 Å². The molecule has 84 valence electrons. The number of halogens is 1. The Morgan fingerprint density at radius 2 is 2.06 bits per heavy atom. The van der Waals surface area contributed by atoms with Gasteiger partial charge in [0.15, 0.2) is 0 Å². The van der Waals surface area contributed by atoms with Crippen LogP contribution in [0.2, 0.25) is 5.02 Å². The van der Waals surface area contributed by atoms with E-state index in [9.17, 15) is 0 Å². The molecule has 0 aliphatic carbocycles. The molecule has 0 saturated carbocycles. The highest BCUT2D eigenvalue weighted by atomic mass is 35.5. The van der Waals surface area contributed by atoms with E-state index in [-0.39, 0.29) is 0 Å². The normalized spacial score (nSPS) is 11.0. The molecule has 16 heavy (non-hydrogen) atoms. The number of nitrogen functional groups attached to an aromatic ring is 1. The highest BCUT2D eigenvalue weighted by Crippen LogP contribution is 2.34. The molecular formula is C12H13ClN2O. The minimum absolute atomic E-state index is 0.323. The molecule has 1 aromatic carbocycles. The van der Waals surface area contributed by atoms with E-state index in [4.69, 9.17) is 21.9 Å². The topological polar surface area (TPSA) is 52.0 Å². The van der Waals surface area contributed by atoms with Crippen molar-refractivity contribution in [2.75, 3.05) is 5.73 Å². The van der Waals surface area contributed by atoms with Crippen LogP contribution in [0.5, 0.6) is 0 Å². The molecule has 0 radical (unpaired) electrons. The smallest absolute Gasteiger partial charge is 0.229 e. The molecule has 4 heteroatoms. The maximum absolute atomic E-state index is 6.00. The van der Waals surface area contributed by atoms with E-state index in [0.29, 0.717) is 16.8 Å². The lowest BCUT2D eigenvalue weighted by Crippen LogP contribution is -1.93. The summed E-state index contributed by atoms with van der Waals surface area (Å²) < 4.78 is 4.88. The van der Waals surface area contributed by atoms with E-state index < -0.39 is 0 Å². The van der Waals surface area contributed by atoms with Gasteiger partial charge in [0.05, 0.1) is 11.8 Å². The van der Waals surface area contributed by atoms with Crippen molar-refractivity contribution in [2.45, 2.75) is 19.8 Å². The molecule has 0 atom stereocenters. The number of nitrogens with two attached hydrogens (primary N) is 1. The summed E-state index contributed by atoms with van der Waals surface area (Å²) in [6.45, 7) is 4.24. The van der Waals surface area contributed by atoms with E-state index in [1.54, 1.807) is 6.20 Å². The molecule has 2 rings (SSSR count). The van der Waals surface area contributed by atoms with Crippen LogP contribution in [0.4, 0.5) is 5.88 Å². The van der Waals surface area contributed by atoms with Crippen molar-refractivity contribution in [2.24, 2.45) is 0 Å². The highest BCUT2D eigenvalue weighted by molar-refractivity contribution is 6.30. The Morgan fingerprint density at radius 3 is 2.62 bits per heavy atom. The van der Waals surface area contributed by atoms with Gasteiger partial charge in [0.2, 0.25) is 5.88 Å². The molecule has 0 fully saturated rings. The van der Waals surface area contributed by atoms with Gasteiger partial charge in [-0.3, -0.25) is 0 Å². The maximum atomic E-state index is 6.00. The fourth-order valence-corrected chi connectivity index (χ4v) is 1.89. The Hall–Kier alpha value is -1.48. The van der Waals surface area contributed by atoms with Gasteiger partial charge in [0.25, 0.3) is 0 Å². The summed E-state index contributed by atoms with van der Waals surface area (Å²) in [4.78, 5) is 0. The summed E-state index contributed by atoms with van der Waals surface area (Å²) in [5, 5.41) is 4.37. The van der Waals surface area contributed by atoms with E-state index >= 15 is 0 Å². The van der Waals surface area contributed by atoms with Gasteiger partial charge in [-0.2, -0.15) is 0 Å². The predicted molar refractivity (Wildman–Crippen MR) is 65.5 cm³/mol. The third kappa shape index (κ3) is 1.91. The highest BCUT2D eigenvalue weighted by Gasteiger charge is 2.14. The monoisotopic (exact) mass is 236 g/mol. The first kappa shape index (κ1) is 11.0. The average Bonchev–Trinajstić information content (AvgIpc) is 2.63. The van der Waals surface area contributed by atoms with Crippen molar-refractivity contribution in [1.82, 2.24) is 5.16 Å². The molecule has 2 N–H and O–H groups in total. The standard InChI is InChI=1S/C12H13ClN2O/c1-7(2)9-4-3-8(13)5-10(9)11-6-15-16-12(11)14/h3-7H,14H2,1-2H3. The van der Waals surface area contributed by atoms with E-state index in [1.807, 2.05) is 18.2 Å². The van der Waals surface area contributed by atoms with Crippen LogP contribution in [0.1, 0.15) is 25.3 Å².